The molecule has 1 aliphatic rings. The molecule has 3 aromatic rings. The van der Waals surface area contributed by atoms with Crippen molar-refractivity contribution in [1.29, 1.82) is 0 Å². The topological polar surface area (TPSA) is 46.7 Å². The van der Waals surface area contributed by atoms with Crippen LogP contribution in [0.4, 0.5) is 5.00 Å². The van der Waals surface area contributed by atoms with Gasteiger partial charge in [0.05, 0.1) is 24.9 Å². The van der Waals surface area contributed by atoms with Gasteiger partial charge in [0.25, 0.3) is 5.91 Å². The molecule has 0 saturated carbocycles. The number of furan rings is 1. The second-order valence-corrected chi connectivity index (χ2v) is 8.74. The zero-order valence-electron chi connectivity index (χ0n) is 16.5. The Bertz CT molecular complexity index is 925. The van der Waals surface area contributed by atoms with Gasteiger partial charge >= 0.3 is 0 Å². The maximum absolute atomic E-state index is 12.7. The minimum Gasteiger partial charge on any atom is -0.459 e. The molecular formula is C23H27N2O2S+. The molecule has 4 nitrogen and oxygen atoms in total. The van der Waals surface area contributed by atoms with E-state index in [0.717, 1.165) is 5.00 Å². The Balaban J connectivity index is 1.76. The predicted octanol–water partition coefficient (Wildman–Crippen LogP) is 4.37. The zero-order valence-corrected chi connectivity index (χ0v) is 17.3. The van der Waals surface area contributed by atoms with Crippen LogP contribution in [0.3, 0.4) is 0 Å². The summed E-state index contributed by atoms with van der Waals surface area (Å²) in [4.78, 5) is 15.5. The number of aryl methyl sites for hydroxylation is 1. The van der Waals surface area contributed by atoms with Crippen molar-refractivity contribution in [3.63, 3.8) is 0 Å². The van der Waals surface area contributed by atoms with E-state index in [1.165, 1.54) is 60.2 Å². The largest absolute Gasteiger partial charge is 0.459 e. The number of carbonyl (C=O) groups excluding carboxylic acids is 1. The molecule has 1 aliphatic heterocycles. The SMILES string of the molecule is Cc1sc(NC(=O)c2ccco2)c([C@H](c2ccccc2)[NH+]2CCCCC2)c1C. The second-order valence-electron chi connectivity index (χ2n) is 7.52. The van der Waals surface area contributed by atoms with Crippen LogP contribution in [0.25, 0.3) is 0 Å². The van der Waals surface area contributed by atoms with Crippen molar-refractivity contribution in [1.82, 2.24) is 0 Å². The third-order valence-corrected chi connectivity index (χ3v) is 6.87. The molecular weight excluding hydrogens is 368 g/mol. The normalized spacial score (nSPS) is 16.1. The lowest BCUT2D eigenvalue weighted by atomic mass is 9.93. The van der Waals surface area contributed by atoms with Gasteiger partial charge in [-0.25, -0.2) is 0 Å². The summed E-state index contributed by atoms with van der Waals surface area (Å²) in [5.74, 6) is 0.157. The molecule has 0 aliphatic carbocycles. The Morgan fingerprint density at radius 1 is 1.07 bits per heavy atom. The monoisotopic (exact) mass is 395 g/mol. The second kappa shape index (κ2) is 8.33. The van der Waals surface area contributed by atoms with Crippen molar-refractivity contribution in [2.45, 2.75) is 39.2 Å². The van der Waals surface area contributed by atoms with Gasteiger partial charge in [0, 0.05) is 10.4 Å². The van der Waals surface area contributed by atoms with Crippen molar-refractivity contribution < 1.29 is 14.1 Å². The Hall–Kier alpha value is -2.37. The van der Waals surface area contributed by atoms with Gasteiger partial charge in [-0.15, -0.1) is 11.3 Å². The van der Waals surface area contributed by atoms with E-state index in [0.29, 0.717) is 5.76 Å². The molecule has 1 atom stereocenters. The van der Waals surface area contributed by atoms with E-state index in [1.807, 2.05) is 0 Å². The summed E-state index contributed by atoms with van der Waals surface area (Å²) < 4.78 is 5.29. The summed E-state index contributed by atoms with van der Waals surface area (Å²) >= 11 is 1.67. The van der Waals surface area contributed by atoms with Crippen LogP contribution in [0.5, 0.6) is 0 Å². The number of nitrogens with one attached hydrogen (secondary N) is 2. The van der Waals surface area contributed by atoms with Crippen LogP contribution < -0.4 is 10.2 Å². The molecule has 146 valence electrons. The molecule has 0 bridgehead atoms. The zero-order chi connectivity index (χ0) is 19.5. The first-order valence-corrected chi connectivity index (χ1v) is 10.8. The lowest BCUT2D eigenvalue weighted by Crippen LogP contribution is -3.13. The van der Waals surface area contributed by atoms with Crippen molar-refractivity contribution in [2.24, 2.45) is 0 Å². The molecule has 2 N–H and O–H groups in total. The lowest BCUT2D eigenvalue weighted by Gasteiger charge is -2.32. The molecule has 0 radical (unpaired) electrons. The molecule has 0 spiro atoms. The molecule has 2 aromatic heterocycles. The minimum atomic E-state index is -0.187. The molecule has 0 unspecified atom stereocenters. The summed E-state index contributed by atoms with van der Waals surface area (Å²) in [7, 11) is 0. The number of hydrogen-bond acceptors (Lipinski definition) is 3. The van der Waals surface area contributed by atoms with Crippen molar-refractivity contribution >= 4 is 22.2 Å². The fourth-order valence-electron chi connectivity index (χ4n) is 4.20. The van der Waals surface area contributed by atoms with Gasteiger partial charge in [-0.05, 0) is 50.8 Å². The molecule has 1 fully saturated rings. The number of carbonyl (C=O) groups is 1. The van der Waals surface area contributed by atoms with E-state index in [1.54, 1.807) is 28.4 Å². The Kier molecular flexibility index (Phi) is 5.64. The molecule has 1 saturated heterocycles. The third kappa shape index (κ3) is 3.77. The molecule has 1 aromatic carbocycles. The van der Waals surface area contributed by atoms with Crippen LogP contribution in [0.1, 0.15) is 57.4 Å². The number of piperidine rings is 1. The first-order chi connectivity index (χ1) is 13.6. The molecule has 4 rings (SSSR count). The predicted molar refractivity (Wildman–Crippen MR) is 113 cm³/mol. The number of hydrogen-bond donors (Lipinski definition) is 2. The maximum Gasteiger partial charge on any atom is 0.291 e. The van der Waals surface area contributed by atoms with E-state index >= 15 is 0 Å². The first-order valence-electron chi connectivity index (χ1n) is 9.99. The Morgan fingerprint density at radius 2 is 1.82 bits per heavy atom. The highest BCUT2D eigenvalue weighted by Gasteiger charge is 2.33. The van der Waals surface area contributed by atoms with Gasteiger partial charge in [0.2, 0.25) is 0 Å². The van der Waals surface area contributed by atoms with Gasteiger partial charge in [0.15, 0.2) is 5.76 Å². The number of rotatable bonds is 5. The van der Waals surface area contributed by atoms with E-state index in [2.05, 4.69) is 49.5 Å². The highest BCUT2D eigenvalue weighted by atomic mass is 32.1. The maximum atomic E-state index is 12.7. The minimum absolute atomic E-state index is 0.187. The van der Waals surface area contributed by atoms with Gasteiger partial charge in [-0.3, -0.25) is 4.79 Å². The Morgan fingerprint density at radius 3 is 2.50 bits per heavy atom. The number of amides is 1. The highest BCUT2D eigenvalue weighted by Crippen LogP contribution is 2.38. The number of anilines is 1. The summed E-state index contributed by atoms with van der Waals surface area (Å²) in [6.07, 6.45) is 5.37. The van der Waals surface area contributed by atoms with Crippen LogP contribution in [0, 0.1) is 13.8 Å². The number of quaternary nitrogens is 1. The Labute approximate surface area is 170 Å². The fraction of sp³-hybridized carbons (Fsp3) is 0.348. The van der Waals surface area contributed by atoms with Gasteiger partial charge in [-0.2, -0.15) is 0 Å². The molecule has 28 heavy (non-hydrogen) atoms. The van der Waals surface area contributed by atoms with E-state index in [9.17, 15) is 4.79 Å². The summed E-state index contributed by atoms with van der Waals surface area (Å²) in [6, 6.07) is 14.4. The van der Waals surface area contributed by atoms with Crippen molar-refractivity contribution in [3.05, 3.63) is 76.1 Å². The fourth-order valence-corrected chi connectivity index (χ4v) is 5.30. The van der Waals surface area contributed by atoms with E-state index < -0.39 is 0 Å². The van der Waals surface area contributed by atoms with Gasteiger partial charge in [-0.1, -0.05) is 30.3 Å². The smallest absolute Gasteiger partial charge is 0.291 e. The van der Waals surface area contributed by atoms with Gasteiger partial charge in [0.1, 0.15) is 11.0 Å². The molecule has 1 amide bonds. The first kappa shape index (κ1) is 19.0. The summed E-state index contributed by atoms with van der Waals surface area (Å²) in [5.41, 5.74) is 3.85. The quantitative estimate of drug-likeness (QED) is 0.674. The highest BCUT2D eigenvalue weighted by molar-refractivity contribution is 7.16. The van der Waals surface area contributed by atoms with Crippen LogP contribution in [-0.4, -0.2) is 19.0 Å². The van der Waals surface area contributed by atoms with Crippen LogP contribution in [-0.2, 0) is 0 Å². The molecule has 3 heterocycles. The summed E-state index contributed by atoms with van der Waals surface area (Å²) in [6.45, 7) is 6.65. The van der Waals surface area contributed by atoms with Crippen LogP contribution in [0.15, 0.2) is 53.1 Å². The average Bonchev–Trinajstić information content (AvgIpc) is 3.35. The number of thiophene rings is 1. The van der Waals surface area contributed by atoms with Crippen molar-refractivity contribution in [2.75, 3.05) is 18.4 Å². The number of benzene rings is 1. The third-order valence-electron chi connectivity index (χ3n) is 5.73. The van der Waals surface area contributed by atoms with E-state index in [4.69, 9.17) is 4.42 Å². The van der Waals surface area contributed by atoms with Crippen molar-refractivity contribution in [3.8, 4) is 0 Å². The standard InChI is InChI=1S/C23H26N2O2S/c1-16-17(2)28-23(24-22(26)19-12-9-15-27-19)20(16)21(18-10-5-3-6-11-18)25-13-7-4-8-14-25/h3,5-6,9-12,15,21H,4,7-8,13-14H2,1-2H3,(H,24,26)/p+1/t21-/m0/s1. The average molecular weight is 396 g/mol. The van der Waals surface area contributed by atoms with Gasteiger partial charge < -0.3 is 14.6 Å². The van der Waals surface area contributed by atoms with Crippen LogP contribution in [0.2, 0.25) is 0 Å². The van der Waals surface area contributed by atoms with E-state index in [-0.39, 0.29) is 11.9 Å². The summed E-state index contributed by atoms with van der Waals surface area (Å²) in [5, 5.41) is 4.08. The molecule has 5 heteroatoms. The van der Waals surface area contributed by atoms with Crippen LogP contribution >= 0.6 is 11.3 Å². The lowest BCUT2D eigenvalue weighted by molar-refractivity contribution is -0.930. The number of likely N-dealkylation sites (tertiary alicyclic amines) is 1.